The number of hydrogen-bond donors (Lipinski definition) is 1. The van der Waals surface area contributed by atoms with Gasteiger partial charge in [-0.05, 0) is 45.1 Å². The van der Waals surface area contributed by atoms with Crippen molar-refractivity contribution >= 4 is 18.2 Å². The molecule has 1 aromatic carbocycles. The van der Waals surface area contributed by atoms with Crippen molar-refractivity contribution in [3.8, 4) is 0 Å². The van der Waals surface area contributed by atoms with Crippen molar-refractivity contribution < 1.29 is 28.6 Å². The zero-order valence-corrected chi connectivity index (χ0v) is 17.5. The summed E-state index contributed by atoms with van der Waals surface area (Å²) in [5, 5.41) is 2.70. The van der Waals surface area contributed by atoms with E-state index in [1.54, 1.807) is 20.8 Å². The Bertz CT molecular complexity index is 701. The summed E-state index contributed by atoms with van der Waals surface area (Å²) in [6.45, 7) is 6.27. The predicted octanol–water partition coefficient (Wildman–Crippen LogP) is 3.10. The number of hydrogen-bond acceptors (Lipinski definition) is 6. The van der Waals surface area contributed by atoms with Crippen LogP contribution < -0.4 is 5.32 Å². The predicted molar refractivity (Wildman–Crippen MR) is 106 cm³/mol. The Labute approximate surface area is 171 Å². The summed E-state index contributed by atoms with van der Waals surface area (Å²) in [5.41, 5.74) is 0.306. The number of benzene rings is 1. The van der Waals surface area contributed by atoms with E-state index in [9.17, 15) is 14.4 Å². The van der Waals surface area contributed by atoms with Crippen molar-refractivity contribution in [2.75, 3.05) is 20.2 Å². The molecule has 160 valence electrons. The summed E-state index contributed by atoms with van der Waals surface area (Å²) < 4.78 is 15.4. The number of likely N-dealkylation sites (tertiary alicyclic amines) is 1. The molecule has 29 heavy (non-hydrogen) atoms. The van der Waals surface area contributed by atoms with Gasteiger partial charge >= 0.3 is 18.2 Å². The summed E-state index contributed by atoms with van der Waals surface area (Å²) in [7, 11) is 1.30. The van der Waals surface area contributed by atoms with Crippen LogP contribution >= 0.6 is 0 Å². The molecule has 1 N–H and O–H groups in total. The summed E-state index contributed by atoms with van der Waals surface area (Å²) in [5.74, 6) is -0.428. The van der Waals surface area contributed by atoms with E-state index in [1.807, 2.05) is 30.3 Å². The van der Waals surface area contributed by atoms with Crippen LogP contribution in [0.3, 0.4) is 0 Å². The van der Waals surface area contributed by atoms with Gasteiger partial charge in [0.15, 0.2) is 0 Å². The number of carbonyl (C=O) groups is 3. The smallest absolute Gasteiger partial charge is 0.410 e. The van der Waals surface area contributed by atoms with E-state index in [0.717, 1.165) is 5.56 Å². The highest BCUT2D eigenvalue weighted by Crippen LogP contribution is 2.27. The van der Waals surface area contributed by atoms with E-state index in [2.05, 4.69) is 5.32 Å². The summed E-state index contributed by atoms with van der Waals surface area (Å²) in [4.78, 5) is 37.8. The lowest BCUT2D eigenvalue weighted by Gasteiger charge is -2.22. The van der Waals surface area contributed by atoms with Crippen molar-refractivity contribution in [2.24, 2.45) is 5.92 Å². The van der Waals surface area contributed by atoms with Crippen molar-refractivity contribution in [3.05, 3.63) is 35.9 Å². The second kappa shape index (κ2) is 10.1. The normalized spacial score (nSPS) is 18.8. The van der Waals surface area contributed by atoms with Gasteiger partial charge in [-0.3, -0.25) is 4.90 Å². The van der Waals surface area contributed by atoms with Crippen LogP contribution in [0.1, 0.15) is 39.2 Å². The highest BCUT2D eigenvalue weighted by atomic mass is 16.6. The van der Waals surface area contributed by atoms with Crippen LogP contribution in [0.4, 0.5) is 9.59 Å². The largest absolute Gasteiger partial charge is 0.467 e. The molecule has 8 heteroatoms. The van der Waals surface area contributed by atoms with Crippen LogP contribution in [0.25, 0.3) is 0 Å². The third-order valence-electron chi connectivity index (χ3n) is 4.52. The fraction of sp³-hybridized carbons (Fsp3) is 0.571. The first-order chi connectivity index (χ1) is 13.7. The molecule has 1 fully saturated rings. The van der Waals surface area contributed by atoms with E-state index in [-0.39, 0.29) is 12.5 Å². The number of nitrogens with one attached hydrogen (secondary N) is 1. The molecular weight excluding hydrogens is 376 g/mol. The van der Waals surface area contributed by atoms with Crippen LogP contribution in [0.5, 0.6) is 0 Å². The topological polar surface area (TPSA) is 94.2 Å². The molecule has 0 aromatic heterocycles. The average Bonchev–Trinajstić information content (AvgIpc) is 3.09. The Hall–Kier alpha value is -2.77. The van der Waals surface area contributed by atoms with Gasteiger partial charge in [-0.2, -0.15) is 0 Å². The molecule has 8 nitrogen and oxygen atoms in total. The summed E-state index contributed by atoms with van der Waals surface area (Å²) in [6, 6.07) is 8.65. The molecule has 0 aliphatic carbocycles. The van der Waals surface area contributed by atoms with Crippen LogP contribution in [-0.4, -0.2) is 54.9 Å². The number of amides is 2. The second-order valence-electron chi connectivity index (χ2n) is 8.05. The number of methoxy groups -OCH3 is 1. The molecule has 1 saturated heterocycles. The first kappa shape index (κ1) is 22.5. The van der Waals surface area contributed by atoms with E-state index in [0.29, 0.717) is 25.9 Å². The highest BCUT2D eigenvalue weighted by molar-refractivity contribution is 5.82. The SMILES string of the molecule is COC(=O)[C@@H]1C[C@H](CCNC(=O)OC(C)(C)C)CN1C(=O)OCc1ccccc1. The van der Waals surface area contributed by atoms with Gasteiger partial charge in [-0.1, -0.05) is 30.3 Å². The third kappa shape index (κ3) is 7.29. The maximum atomic E-state index is 12.5. The fourth-order valence-electron chi connectivity index (χ4n) is 3.19. The van der Waals surface area contributed by atoms with Gasteiger partial charge in [0.2, 0.25) is 0 Å². The molecule has 2 amide bonds. The number of esters is 1. The Morgan fingerprint density at radius 2 is 1.86 bits per heavy atom. The van der Waals surface area contributed by atoms with E-state index in [4.69, 9.17) is 14.2 Å². The molecule has 0 spiro atoms. The standard InChI is InChI=1S/C21H30N2O6/c1-21(2,3)29-19(25)22-11-10-16-12-17(18(24)27-4)23(13-16)20(26)28-14-15-8-6-5-7-9-15/h5-9,16-17H,10-14H2,1-4H3,(H,22,25)/t16-,17-/m0/s1. The molecular formula is C21H30N2O6. The molecule has 0 bridgehead atoms. The first-order valence-corrected chi connectivity index (χ1v) is 9.71. The number of rotatable bonds is 6. The van der Waals surface area contributed by atoms with Crippen LogP contribution in [0.2, 0.25) is 0 Å². The minimum Gasteiger partial charge on any atom is -0.467 e. The number of ether oxygens (including phenoxy) is 3. The molecule has 0 saturated carbocycles. The van der Waals surface area contributed by atoms with Crippen molar-refractivity contribution in [1.29, 1.82) is 0 Å². The monoisotopic (exact) mass is 406 g/mol. The van der Waals surface area contributed by atoms with E-state index < -0.39 is 29.8 Å². The number of carbonyl (C=O) groups excluding carboxylic acids is 3. The lowest BCUT2D eigenvalue weighted by molar-refractivity contribution is -0.145. The molecule has 1 aromatic rings. The second-order valence-corrected chi connectivity index (χ2v) is 8.05. The van der Waals surface area contributed by atoms with Crippen molar-refractivity contribution in [2.45, 2.75) is 51.9 Å². The maximum Gasteiger partial charge on any atom is 0.410 e. The van der Waals surface area contributed by atoms with E-state index >= 15 is 0 Å². The number of alkyl carbamates (subject to hydrolysis) is 1. The average molecular weight is 406 g/mol. The van der Waals surface area contributed by atoms with Gasteiger partial charge in [-0.25, -0.2) is 14.4 Å². The minimum absolute atomic E-state index is 0.0401. The molecule has 1 aliphatic rings. The maximum absolute atomic E-state index is 12.5. The highest BCUT2D eigenvalue weighted by Gasteiger charge is 2.41. The molecule has 0 unspecified atom stereocenters. The van der Waals surface area contributed by atoms with Crippen LogP contribution in [-0.2, 0) is 25.6 Å². The van der Waals surface area contributed by atoms with Crippen LogP contribution in [0.15, 0.2) is 30.3 Å². The van der Waals surface area contributed by atoms with E-state index in [1.165, 1.54) is 12.0 Å². The van der Waals surface area contributed by atoms with Gasteiger partial charge in [-0.15, -0.1) is 0 Å². The Balaban J connectivity index is 1.87. The summed E-state index contributed by atoms with van der Waals surface area (Å²) >= 11 is 0. The lowest BCUT2D eigenvalue weighted by Crippen LogP contribution is -2.41. The Morgan fingerprint density at radius 3 is 2.48 bits per heavy atom. The van der Waals surface area contributed by atoms with Gasteiger partial charge in [0.1, 0.15) is 18.2 Å². The fourth-order valence-corrected chi connectivity index (χ4v) is 3.19. The molecule has 2 rings (SSSR count). The molecule has 1 aliphatic heterocycles. The zero-order chi connectivity index (χ0) is 21.4. The third-order valence-corrected chi connectivity index (χ3v) is 4.52. The minimum atomic E-state index is -0.685. The van der Waals surface area contributed by atoms with Crippen molar-refractivity contribution in [3.63, 3.8) is 0 Å². The quantitative estimate of drug-likeness (QED) is 0.576. The van der Waals surface area contributed by atoms with Gasteiger partial charge < -0.3 is 19.5 Å². The molecule has 1 heterocycles. The Kier molecular flexibility index (Phi) is 7.87. The lowest BCUT2D eigenvalue weighted by atomic mass is 10.0. The number of nitrogens with zero attached hydrogens (tertiary/aromatic N) is 1. The van der Waals surface area contributed by atoms with Crippen molar-refractivity contribution in [1.82, 2.24) is 10.2 Å². The Morgan fingerprint density at radius 1 is 1.17 bits per heavy atom. The van der Waals surface area contributed by atoms with Gasteiger partial charge in [0.25, 0.3) is 0 Å². The first-order valence-electron chi connectivity index (χ1n) is 9.71. The molecule has 2 atom stereocenters. The van der Waals surface area contributed by atoms with Gasteiger partial charge in [0.05, 0.1) is 7.11 Å². The molecule has 0 radical (unpaired) electrons. The van der Waals surface area contributed by atoms with Gasteiger partial charge in [0, 0.05) is 13.1 Å². The zero-order valence-electron chi connectivity index (χ0n) is 17.5. The summed E-state index contributed by atoms with van der Waals surface area (Å²) in [6.07, 6.45) is 0.0317. The van der Waals surface area contributed by atoms with Crippen LogP contribution in [0, 0.1) is 5.92 Å².